The summed E-state index contributed by atoms with van der Waals surface area (Å²) in [5, 5.41) is 15.3. The van der Waals surface area contributed by atoms with Gasteiger partial charge >= 0.3 is 0 Å². The molecule has 0 bridgehead atoms. The lowest BCUT2D eigenvalue weighted by molar-refractivity contribution is -0.133. The number of likely N-dealkylation sites (tertiary alicyclic amines) is 1. The first kappa shape index (κ1) is 41.3. The maximum absolute atomic E-state index is 15.2. The van der Waals surface area contributed by atoms with Gasteiger partial charge in [0.05, 0.1) is 24.1 Å². The van der Waals surface area contributed by atoms with Gasteiger partial charge in [-0.2, -0.15) is 0 Å². The van der Waals surface area contributed by atoms with Gasteiger partial charge in [0, 0.05) is 80.4 Å². The van der Waals surface area contributed by atoms with Gasteiger partial charge in [-0.15, -0.1) is 0 Å². The fourth-order valence-electron chi connectivity index (χ4n) is 9.06. The summed E-state index contributed by atoms with van der Waals surface area (Å²) in [6, 6.07) is 16.8. The van der Waals surface area contributed by atoms with Gasteiger partial charge in [-0.1, -0.05) is 18.2 Å². The third-order valence-corrected chi connectivity index (χ3v) is 12.4. The van der Waals surface area contributed by atoms with Crippen molar-refractivity contribution in [1.29, 1.82) is 0 Å². The summed E-state index contributed by atoms with van der Waals surface area (Å²) in [6.45, 7) is 6.34. The Balaban J connectivity index is 0.710. The van der Waals surface area contributed by atoms with Crippen molar-refractivity contribution in [1.82, 2.24) is 35.6 Å². The highest BCUT2D eigenvalue weighted by atomic mass is 19.1. The summed E-state index contributed by atoms with van der Waals surface area (Å²) in [5.74, 6) is -0.847. The molecule has 16 heteroatoms. The Morgan fingerprint density at radius 3 is 2.35 bits per heavy atom. The predicted octanol–water partition coefficient (Wildman–Crippen LogP) is 3.34. The maximum Gasteiger partial charge on any atom is 0.255 e. The van der Waals surface area contributed by atoms with Crippen LogP contribution in [0.5, 0.6) is 0 Å². The topological polar surface area (TPSA) is 155 Å². The zero-order valence-electron chi connectivity index (χ0n) is 33.8. The summed E-state index contributed by atoms with van der Waals surface area (Å²) in [4.78, 5) is 60.1. The van der Waals surface area contributed by atoms with Crippen molar-refractivity contribution < 1.29 is 23.2 Å². The average Bonchev–Trinajstić information content (AvgIpc) is 3.25. The number of aromatic nitrogens is 1. The number of rotatable bonds is 12. The average molecular weight is 825 g/mol. The van der Waals surface area contributed by atoms with Crippen LogP contribution in [0.2, 0.25) is 0 Å². The second-order valence-corrected chi connectivity index (χ2v) is 16.6. The van der Waals surface area contributed by atoms with Gasteiger partial charge < -0.3 is 20.9 Å². The van der Waals surface area contributed by atoms with Crippen molar-refractivity contribution in [3.05, 3.63) is 94.4 Å². The number of nitrogens with one attached hydrogen (secondary N) is 5. The smallest absolute Gasteiger partial charge is 0.255 e. The number of anilines is 2. The van der Waals surface area contributed by atoms with E-state index in [1.165, 1.54) is 22.9 Å². The standard InChI is InChI=1S/C44H54F2N10O4/c45-35-25-33(48-37-12-14-39(57)51-43(37)60)11-13-38(35)55-22-20-54(21-23-55)27-29-15-18-53(19-16-29)28-40(58)49-31-7-9-32(10-8-31)50-44-47-26-36(46)42(52-44)30-4-3-5-34(24-30)56-17-2-1-6-41(56)59/h1-6,11,13,17,24-26,29,31-32,37,44,48,50,52H,7-10,12,14-16,18-23,27-28H2,(H,49,58)(H,51,57,60). The number of aliphatic imine (C=N–C) groups is 1. The molecule has 3 saturated heterocycles. The third kappa shape index (κ3) is 10.3. The predicted molar refractivity (Wildman–Crippen MR) is 227 cm³/mol. The van der Waals surface area contributed by atoms with E-state index in [1.807, 2.05) is 6.07 Å². The third-order valence-electron chi connectivity index (χ3n) is 12.4. The van der Waals surface area contributed by atoms with E-state index in [4.69, 9.17) is 0 Å². The van der Waals surface area contributed by atoms with Crippen molar-refractivity contribution in [3.8, 4) is 5.69 Å². The molecule has 4 aliphatic heterocycles. The van der Waals surface area contributed by atoms with E-state index < -0.39 is 18.2 Å². The molecule has 5 aliphatic rings. The van der Waals surface area contributed by atoms with Crippen LogP contribution in [-0.4, -0.2) is 115 Å². The second kappa shape index (κ2) is 18.9. The largest absolute Gasteiger partial charge is 0.374 e. The molecule has 3 aromatic rings. The van der Waals surface area contributed by atoms with Crippen LogP contribution >= 0.6 is 0 Å². The number of pyridine rings is 1. The van der Waals surface area contributed by atoms with E-state index >= 15 is 4.39 Å². The number of allylic oxidation sites excluding steroid dienone is 1. The van der Waals surface area contributed by atoms with E-state index in [1.54, 1.807) is 48.7 Å². The molecule has 0 spiro atoms. The van der Waals surface area contributed by atoms with Crippen LogP contribution in [-0.2, 0) is 14.4 Å². The molecule has 3 amide bonds. The van der Waals surface area contributed by atoms with Crippen LogP contribution < -0.4 is 37.0 Å². The Morgan fingerprint density at radius 1 is 0.817 bits per heavy atom. The molecule has 1 aromatic heterocycles. The number of piperazine rings is 1. The van der Waals surface area contributed by atoms with Gasteiger partial charge in [0.2, 0.25) is 17.7 Å². The molecule has 14 nitrogen and oxygen atoms in total. The van der Waals surface area contributed by atoms with Crippen molar-refractivity contribution >= 4 is 41.0 Å². The Labute approximate surface area is 348 Å². The maximum atomic E-state index is 15.2. The molecule has 0 radical (unpaired) electrons. The van der Waals surface area contributed by atoms with E-state index in [-0.39, 0.29) is 47.6 Å². The fraction of sp³-hybridized carbons (Fsp3) is 0.477. The summed E-state index contributed by atoms with van der Waals surface area (Å²) in [5.41, 5.74) is 2.49. The number of nitrogens with zero attached hydrogens (tertiary/aromatic N) is 5. The zero-order valence-corrected chi connectivity index (χ0v) is 33.8. The molecule has 1 aliphatic carbocycles. The van der Waals surface area contributed by atoms with Crippen LogP contribution in [0.15, 0.2) is 82.5 Å². The number of carbonyl (C=O) groups excluding carboxylic acids is 3. The molecule has 5 heterocycles. The number of imide groups is 1. The highest BCUT2D eigenvalue weighted by molar-refractivity contribution is 6.01. The number of piperidine rings is 2. The Kier molecular flexibility index (Phi) is 13.0. The van der Waals surface area contributed by atoms with Gasteiger partial charge in [-0.25, -0.2) is 8.78 Å². The second-order valence-electron chi connectivity index (χ2n) is 16.6. The molecule has 2 unspecified atom stereocenters. The molecule has 2 atom stereocenters. The molecule has 8 rings (SSSR count). The Morgan fingerprint density at radius 2 is 1.60 bits per heavy atom. The first-order chi connectivity index (χ1) is 29.1. The van der Waals surface area contributed by atoms with Gasteiger partial charge in [0.15, 0.2) is 12.1 Å². The SMILES string of the molecule is O=C1CCC(Nc2ccc(N3CCN(CC4CCN(CC(=O)NC5CCC(NC6N=CC(F)=C(c7cccc(-n8ccccc8=O)c7)N6)CC5)CC4)CC3)c(F)c2)C(=O)N1. The van der Waals surface area contributed by atoms with Crippen LogP contribution in [0.25, 0.3) is 11.4 Å². The molecular weight excluding hydrogens is 771 g/mol. The number of carbonyl (C=O) groups is 3. The highest BCUT2D eigenvalue weighted by Gasteiger charge is 2.30. The van der Waals surface area contributed by atoms with E-state index in [0.717, 1.165) is 84.3 Å². The van der Waals surface area contributed by atoms with Crippen molar-refractivity contribution in [2.24, 2.45) is 10.9 Å². The minimum absolute atomic E-state index is 0.0665. The summed E-state index contributed by atoms with van der Waals surface area (Å²) in [7, 11) is 0. The molecule has 1 saturated carbocycles. The molecule has 318 valence electrons. The minimum Gasteiger partial charge on any atom is -0.374 e. The van der Waals surface area contributed by atoms with Crippen LogP contribution in [0.4, 0.5) is 20.2 Å². The zero-order chi connectivity index (χ0) is 41.6. The number of hydrogen-bond acceptors (Lipinski definition) is 11. The molecule has 4 fully saturated rings. The lowest BCUT2D eigenvalue weighted by Crippen LogP contribution is -2.51. The monoisotopic (exact) mass is 824 g/mol. The summed E-state index contributed by atoms with van der Waals surface area (Å²) >= 11 is 0. The Bertz CT molecular complexity index is 2160. The van der Waals surface area contributed by atoms with E-state index in [9.17, 15) is 23.6 Å². The number of hydrogen-bond donors (Lipinski definition) is 5. The van der Waals surface area contributed by atoms with Gasteiger partial charge in [0.25, 0.3) is 5.56 Å². The lowest BCUT2D eigenvalue weighted by atomic mass is 9.91. The molecule has 2 aromatic carbocycles. The fourth-order valence-corrected chi connectivity index (χ4v) is 9.06. The van der Waals surface area contributed by atoms with Crippen LogP contribution in [0.3, 0.4) is 0 Å². The first-order valence-corrected chi connectivity index (χ1v) is 21.3. The number of amides is 3. The van der Waals surface area contributed by atoms with Crippen molar-refractivity contribution in [2.45, 2.75) is 75.8 Å². The van der Waals surface area contributed by atoms with E-state index in [0.29, 0.717) is 47.2 Å². The lowest BCUT2D eigenvalue weighted by Gasteiger charge is -2.39. The van der Waals surface area contributed by atoms with E-state index in [2.05, 4.69) is 46.3 Å². The van der Waals surface area contributed by atoms with Crippen molar-refractivity contribution in [2.75, 3.05) is 62.6 Å². The summed E-state index contributed by atoms with van der Waals surface area (Å²) < 4.78 is 31.7. The summed E-state index contributed by atoms with van der Waals surface area (Å²) in [6.07, 6.45) is 8.55. The first-order valence-electron chi connectivity index (χ1n) is 21.3. The van der Waals surface area contributed by atoms with Gasteiger partial charge in [-0.3, -0.25) is 49.2 Å². The molecular formula is C44H54F2N10O4. The Hall–Kier alpha value is -5.45. The molecule has 60 heavy (non-hydrogen) atoms. The van der Waals surface area contributed by atoms with Crippen molar-refractivity contribution in [3.63, 3.8) is 0 Å². The minimum atomic E-state index is -0.556. The number of halogens is 2. The van der Waals surface area contributed by atoms with Gasteiger partial charge in [-0.05, 0) is 100 Å². The molecule has 5 N–H and O–H groups in total. The number of benzene rings is 2. The highest BCUT2D eigenvalue weighted by Crippen LogP contribution is 2.27. The normalized spacial score (nSPS) is 24.5. The van der Waals surface area contributed by atoms with Crippen LogP contribution in [0.1, 0.15) is 56.9 Å². The van der Waals surface area contributed by atoms with Gasteiger partial charge in [0.1, 0.15) is 11.9 Å². The van der Waals surface area contributed by atoms with Crippen LogP contribution in [0, 0.1) is 11.7 Å². The quantitative estimate of drug-likeness (QED) is 0.172.